The summed E-state index contributed by atoms with van der Waals surface area (Å²) in [5.41, 5.74) is 5.44. The van der Waals surface area contributed by atoms with Gasteiger partial charge in [-0.15, -0.1) is 0 Å². The number of halogens is 2. The first-order valence-corrected chi connectivity index (χ1v) is 5.19. The van der Waals surface area contributed by atoms with Gasteiger partial charge in [-0.25, -0.2) is 4.39 Å². The van der Waals surface area contributed by atoms with Crippen LogP contribution in [0.4, 0.5) is 4.39 Å². The molecule has 0 aliphatic carbocycles. The van der Waals surface area contributed by atoms with E-state index in [1.807, 2.05) is 0 Å². The molecule has 0 saturated heterocycles. The minimum absolute atomic E-state index is 0.0543. The maximum Gasteiger partial charge on any atom is 0.198 e. The second-order valence-electron chi connectivity index (χ2n) is 2.91. The van der Waals surface area contributed by atoms with Crippen molar-refractivity contribution in [3.05, 3.63) is 21.9 Å². The molecule has 0 fully saturated rings. The third kappa shape index (κ3) is 2.17. The van der Waals surface area contributed by atoms with Crippen LogP contribution in [0.15, 0.2) is 10.5 Å². The van der Waals surface area contributed by atoms with Crippen molar-refractivity contribution in [2.45, 2.75) is 0 Å². The summed E-state index contributed by atoms with van der Waals surface area (Å²) >= 11 is 2.99. The Kier molecular flexibility index (Phi) is 4.26. The van der Waals surface area contributed by atoms with Gasteiger partial charge in [-0.2, -0.15) is 0 Å². The number of nitrogens with two attached hydrogens (primary N) is 1. The Morgan fingerprint density at radius 2 is 2.00 bits per heavy atom. The van der Waals surface area contributed by atoms with Crippen LogP contribution in [0.5, 0.6) is 11.5 Å². The smallest absolute Gasteiger partial charge is 0.198 e. The largest absolute Gasteiger partial charge is 0.492 e. The Morgan fingerprint density at radius 3 is 2.44 bits per heavy atom. The summed E-state index contributed by atoms with van der Waals surface area (Å²) in [5.74, 6) is -1.03. The zero-order valence-electron chi connectivity index (χ0n) is 8.84. The third-order valence-electron chi connectivity index (χ3n) is 2.03. The van der Waals surface area contributed by atoms with Gasteiger partial charge in [0.15, 0.2) is 23.1 Å². The summed E-state index contributed by atoms with van der Waals surface area (Å²) < 4.78 is 23.6. The van der Waals surface area contributed by atoms with E-state index in [9.17, 15) is 9.18 Å². The van der Waals surface area contributed by atoms with Crippen molar-refractivity contribution in [3.8, 4) is 11.5 Å². The molecule has 0 saturated carbocycles. The number of ketones is 1. The standard InChI is InChI=1S/C10H11BrFNO3/c1-15-9-5(7(14)4-13)3-6(11)8(12)10(9)16-2/h3H,4,13H2,1-2H3. The Morgan fingerprint density at radius 1 is 1.44 bits per heavy atom. The van der Waals surface area contributed by atoms with Gasteiger partial charge in [-0.3, -0.25) is 4.79 Å². The molecule has 0 heterocycles. The van der Waals surface area contributed by atoms with Crippen molar-refractivity contribution in [3.63, 3.8) is 0 Å². The van der Waals surface area contributed by atoms with E-state index in [1.54, 1.807) is 0 Å². The number of rotatable bonds is 4. The van der Waals surface area contributed by atoms with Crippen molar-refractivity contribution in [1.29, 1.82) is 0 Å². The lowest BCUT2D eigenvalue weighted by Crippen LogP contribution is -2.15. The fraction of sp³-hybridized carbons (Fsp3) is 0.300. The van der Waals surface area contributed by atoms with E-state index in [0.29, 0.717) is 0 Å². The zero-order chi connectivity index (χ0) is 12.3. The summed E-state index contributed by atoms with van der Waals surface area (Å²) in [6, 6.07) is 1.33. The Labute approximate surface area is 101 Å². The van der Waals surface area contributed by atoms with Gasteiger partial charge in [0.1, 0.15) is 0 Å². The molecule has 4 nitrogen and oxygen atoms in total. The molecule has 0 aliphatic heterocycles. The Hall–Kier alpha value is -1.14. The van der Waals surface area contributed by atoms with Gasteiger partial charge in [-0.1, -0.05) is 0 Å². The molecule has 16 heavy (non-hydrogen) atoms. The van der Waals surface area contributed by atoms with Crippen molar-refractivity contribution in [2.75, 3.05) is 20.8 Å². The Balaban J connectivity index is 3.49. The molecular formula is C10H11BrFNO3. The lowest BCUT2D eigenvalue weighted by atomic mass is 10.1. The molecule has 0 amide bonds. The molecule has 2 N–H and O–H groups in total. The second-order valence-corrected chi connectivity index (χ2v) is 3.77. The molecule has 0 atom stereocenters. The maximum absolute atomic E-state index is 13.6. The zero-order valence-corrected chi connectivity index (χ0v) is 10.4. The molecule has 1 aromatic carbocycles. The van der Waals surface area contributed by atoms with Gasteiger partial charge >= 0.3 is 0 Å². The van der Waals surface area contributed by atoms with Crippen molar-refractivity contribution >= 4 is 21.7 Å². The first kappa shape index (κ1) is 12.9. The lowest BCUT2D eigenvalue weighted by Gasteiger charge is -2.13. The number of carbonyl (C=O) groups is 1. The molecule has 0 aromatic heterocycles. The van der Waals surface area contributed by atoms with E-state index in [0.717, 1.165) is 0 Å². The topological polar surface area (TPSA) is 61.5 Å². The van der Waals surface area contributed by atoms with Crippen LogP contribution in [0, 0.1) is 5.82 Å². The number of hydrogen-bond acceptors (Lipinski definition) is 4. The van der Waals surface area contributed by atoms with Gasteiger partial charge < -0.3 is 15.2 Å². The van der Waals surface area contributed by atoms with Crippen molar-refractivity contribution in [2.24, 2.45) is 5.73 Å². The first-order chi connectivity index (χ1) is 7.56. The molecule has 1 aromatic rings. The first-order valence-electron chi connectivity index (χ1n) is 4.40. The molecule has 0 bridgehead atoms. The predicted octanol–water partition coefficient (Wildman–Crippen LogP) is 1.75. The number of ether oxygens (including phenoxy) is 2. The highest BCUT2D eigenvalue weighted by Gasteiger charge is 2.22. The molecule has 1 rings (SSSR count). The highest BCUT2D eigenvalue weighted by Crippen LogP contribution is 2.38. The summed E-state index contributed by atoms with van der Waals surface area (Å²) in [5, 5.41) is 0. The third-order valence-corrected chi connectivity index (χ3v) is 2.60. The van der Waals surface area contributed by atoms with Crippen LogP contribution < -0.4 is 15.2 Å². The van der Waals surface area contributed by atoms with Crippen LogP contribution in [0.2, 0.25) is 0 Å². The van der Waals surface area contributed by atoms with Gasteiger partial charge in [-0.05, 0) is 22.0 Å². The fourth-order valence-corrected chi connectivity index (χ4v) is 1.70. The van der Waals surface area contributed by atoms with Crippen LogP contribution in [-0.4, -0.2) is 26.5 Å². The molecule has 0 spiro atoms. The average molecular weight is 292 g/mol. The maximum atomic E-state index is 13.6. The van der Waals surface area contributed by atoms with Gasteiger partial charge in [0.25, 0.3) is 0 Å². The average Bonchev–Trinajstić information content (AvgIpc) is 2.30. The van der Waals surface area contributed by atoms with E-state index in [4.69, 9.17) is 15.2 Å². The van der Waals surface area contributed by atoms with Crippen LogP contribution in [0.3, 0.4) is 0 Å². The molecule has 0 radical (unpaired) electrons. The summed E-state index contributed by atoms with van der Waals surface area (Å²) in [6.07, 6.45) is 0. The SMILES string of the molecule is COc1c(C(=O)CN)cc(Br)c(F)c1OC. The van der Waals surface area contributed by atoms with Crippen molar-refractivity contribution in [1.82, 2.24) is 0 Å². The Bertz CT molecular complexity index is 423. The number of benzene rings is 1. The molecule has 88 valence electrons. The summed E-state index contributed by atoms with van der Waals surface area (Å²) in [7, 11) is 2.63. The molecule has 6 heteroatoms. The van der Waals surface area contributed by atoms with Crippen LogP contribution in [-0.2, 0) is 0 Å². The van der Waals surface area contributed by atoms with E-state index < -0.39 is 5.82 Å². The number of carbonyl (C=O) groups excluding carboxylic acids is 1. The lowest BCUT2D eigenvalue weighted by molar-refractivity contribution is 0.0997. The van der Waals surface area contributed by atoms with E-state index >= 15 is 0 Å². The van der Waals surface area contributed by atoms with Crippen LogP contribution in [0.25, 0.3) is 0 Å². The van der Waals surface area contributed by atoms with Gasteiger partial charge in [0.05, 0.1) is 30.8 Å². The molecule has 0 aliphatic rings. The summed E-state index contributed by atoms with van der Waals surface area (Å²) in [6.45, 7) is -0.183. The van der Waals surface area contributed by atoms with Gasteiger partial charge in [0, 0.05) is 0 Å². The quantitative estimate of drug-likeness (QED) is 0.859. The van der Waals surface area contributed by atoms with Crippen LogP contribution >= 0.6 is 15.9 Å². The second kappa shape index (κ2) is 5.27. The van der Waals surface area contributed by atoms with E-state index in [1.165, 1.54) is 20.3 Å². The van der Waals surface area contributed by atoms with Gasteiger partial charge in [0.2, 0.25) is 0 Å². The molecular weight excluding hydrogens is 281 g/mol. The summed E-state index contributed by atoms with van der Waals surface area (Å²) in [4.78, 5) is 11.5. The molecule has 0 unspecified atom stereocenters. The fourth-order valence-electron chi connectivity index (χ4n) is 1.29. The van der Waals surface area contributed by atoms with Crippen LogP contribution in [0.1, 0.15) is 10.4 Å². The highest BCUT2D eigenvalue weighted by molar-refractivity contribution is 9.10. The predicted molar refractivity (Wildman–Crippen MR) is 60.6 cm³/mol. The van der Waals surface area contributed by atoms with Crippen molar-refractivity contribution < 1.29 is 18.7 Å². The monoisotopic (exact) mass is 291 g/mol. The van der Waals surface area contributed by atoms with E-state index in [2.05, 4.69) is 15.9 Å². The highest BCUT2D eigenvalue weighted by atomic mass is 79.9. The minimum atomic E-state index is -0.618. The minimum Gasteiger partial charge on any atom is -0.492 e. The number of Topliss-reactive ketones (excluding diaryl/α,β-unsaturated/α-hetero) is 1. The van der Waals surface area contributed by atoms with E-state index in [-0.39, 0.29) is 33.9 Å². The number of methoxy groups -OCH3 is 2. The number of hydrogen-bond donors (Lipinski definition) is 1. The normalized spacial score (nSPS) is 10.1.